The van der Waals surface area contributed by atoms with Crippen molar-refractivity contribution in [2.45, 2.75) is 20.4 Å². The van der Waals surface area contributed by atoms with Crippen LogP contribution in [0, 0.1) is 13.8 Å². The first-order chi connectivity index (χ1) is 12.7. The minimum atomic E-state index is 0.556. The Hall–Kier alpha value is -3.14. The lowest BCUT2D eigenvalue weighted by atomic mass is 10.1. The van der Waals surface area contributed by atoms with Crippen molar-refractivity contribution >= 4 is 17.1 Å². The van der Waals surface area contributed by atoms with Gasteiger partial charge in [-0.2, -0.15) is 10.2 Å². The highest BCUT2D eigenvalue weighted by molar-refractivity contribution is 5.55. The van der Waals surface area contributed by atoms with Crippen LogP contribution in [0.25, 0.3) is 0 Å². The van der Waals surface area contributed by atoms with Gasteiger partial charge in [0.2, 0.25) is 0 Å². The Balaban J connectivity index is 1.57. The third kappa shape index (κ3) is 3.59. The molecule has 130 valence electrons. The fourth-order valence-corrected chi connectivity index (χ4v) is 3.20. The number of hydrogen-bond donors (Lipinski definition) is 0. The summed E-state index contributed by atoms with van der Waals surface area (Å²) in [6, 6.07) is 22.3. The zero-order chi connectivity index (χ0) is 17.9. The Labute approximate surface area is 153 Å². The summed E-state index contributed by atoms with van der Waals surface area (Å²) in [6.45, 7) is 5.60. The van der Waals surface area contributed by atoms with Crippen LogP contribution in [0.4, 0.5) is 17.1 Å². The van der Waals surface area contributed by atoms with Crippen LogP contribution in [0.1, 0.15) is 16.7 Å². The Morgan fingerprint density at radius 3 is 2.31 bits per heavy atom. The minimum absolute atomic E-state index is 0.556. The lowest BCUT2D eigenvalue weighted by Gasteiger charge is -2.31. The molecule has 1 aliphatic rings. The molecule has 0 unspecified atom stereocenters. The predicted molar refractivity (Wildman–Crippen MR) is 105 cm³/mol. The average molecular weight is 343 g/mol. The maximum absolute atomic E-state index is 5.94. The molecular formula is C22H21N3O. The van der Waals surface area contributed by atoms with E-state index in [9.17, 15) is 0 Å². The molecule has 0 amide bonds. The molecule has 0 atom stereocenters. The summed E-state index contributed by atoms with van der Waals surface area (Å²) in [7, 11) is 0. The molecule has 1 aliphatic heterocycles. The second-order valence-electron chi connectivity index (χ2n) is 6.64. The normalized spacial score (nSPS) is 13.5. The predicted octanol–water partition coefficient (Wildman–Crippen LogP) is 6.08. The maximum atomic E-state index is 5.94. The number of hydrogen-bond acceptors (Lipinski definition) is 4. The number of aryl methyl sites for hydroxylation is 2. The number of rotatable bonds is 3. The molecule has 0 aromatic heterocycles. The molecule has 3 aromatic carbocycles. The highest BCUT2D eigenvalue weighted by Gasteiger charge is 2.18. The van der Waals surface area contributed by atoms with Gasteiger partial charge in [-0.15, -0.1) is 0 Å². The molecule has 26 heavy (non-hydrogen) atoms. The molecule has 0 bridgehead atoms. The minimum Gasteiger partial charge on any atom is -0.473 e. The van der Waals surface area contributed by atoms with Crippen LogP contribution in [0.3, 0.4) is 0 Å². The maximum Gasteiger partial charge on any atom is 0.161 e. The largest absolute Gasteiger partial charge is 0.473 e. The highest BCUT2D eigenvalue weighted by Crippen LogP contribution is 2.32. The Kier molecular flexibility index (Phi) is 4.40. The van der Waals surface area contributed by atoms with Gasteiger partial charge in [-0.3, -0.25) is 0 Å². The first-order valence-corrected chi connectivity index (χ1v) is 8.73. The lowest BCUT2D eigenvalue weighted by molar-refractivity contribution is 0.289. The van der Waals surface area contributed by atoms with Crippen LogP contribution < -0.4 is 9.64 Å². The lowest BCUT2D eigenvalue weighted by Crippen LogP contribution is -2.31. The SMILES string of the molecule is Cc1cc(C)cc(N2COc3ccc(N=Nc4ccccc4)cc3C2)c1. The summed E-state index contributed by atoms with van der Waals surface area (Å²) in [5.74, 6) is 0.921. The highest BCUT2D eigenvalue weighted by atomic mass is 16.5. The second-order valence-corrected chi connectivity index (χ2v) is 6.64. The number of nitrogens with zero attached hydrogens (tertiary/aromatic N) is 3. The van der Waals surface area contributed by atoms with Crippen LogP contribution >= 0.6 is 0 Å². The standard InChI is InChI=1S/C22H21N3O/c1-16-10-17(2)12-21(11-16)25-14-18-13-20(8-9-22(18)26-15-25)24-23-19-6-4-3-5-7-19/h3-13H,14-15H2,1-2H3. The van der Waals surface area contributed by atoms with Crippen LogP contribution in [-0.2, 0) is 6.54 Å². The molecule has 0 radical (unpaired) electrons. The monoisotopic (exact) mass is 343 g/mol. The fourth-order valence-electron chi connectivity index (χ4n) is 3.20. The molecule has 4 heteroatoms. The average Bonchev–Trinajstić information content (AvgIpc) is 2.66. The Morgan fingerprint density at radius 2 is 1.54 bits per heavy atom. The van der Waals surface area contributed by atoms with E-state index >= 15 is 0 Å². The zero-order valence-electron chi connectivity index (χ0n) is 15.0. The molecule has 1 heterocycles. The number of anilines is 1. The van der Waals surface area contributed by atoms with Gasteiger partial charge >= 0.3 is 0 Å². The summed E-state index contributed by atoms with van der Waals surface area (Å²) in [5, 5.41) is 8.66. The van der Waals surface area contributed by atoms with Gasteiger partial charge in [0, 0.05) is 17.8 Å². The molecule has 0 aliphatic carbocycles. The van der Waals surface area contributed by atoms with Gasteiger partial charge in [0.15, 0.2) is 6.73 Å². The summed E-state index contributed by atoms with van der Waals surface area (Å²) in [6.07, 6.45) is 0. The summed E-state index contributed by atoms with van der Waals surface area (Å²) >= 11 is 0. The van der Waals surface area contributed by atoms with Gasteiger partial charge in [-0.25, -0.2) is 0 Å². The van der Waals surface area contributed by atoms with E-state index in [1.54, 1.807) is 0 Å². The van der Waals surface area contributed by atoms with E-state index in [-0.39, 0.29) is 0 Å². The van der Waals surface area contributed by atoms with E-state index in [0.29, 0.717) is 6.73 Å². The van der Waals surface area contributed by atoms with Gasteiger partial charge in [-0.1, -0.05) is 24.3 Å². The van der Waals surface area contributed by atoms with E-state index < -0.39 is 0 Å². The van der Waals surface area contributed by atoms with Gasteiger partial charge in [-0.05, 0) is 67.4 Å². The van der Waals surface area contributed by atoms with Crippen molar-refractivity contribution in [3.05, 3.63) is 83.4 Å². The molecule has 4 nitrogen and oxygen atoms in total. The van der Waals surface area contributed by atoms with Crippen molar-refractivity contribution in [1.82, 2.24) is 0 Å². The van der Waals surface area contributed by atoms with E-state index in [2.05, 4.69) is 53.2 Å². The van der Waals surface area contributed by atoms with Crippen molar-refractivity contribution in [1.29, 1.82) is 0 Å². The zero-order valence-corrected chi connectivity index (χ0v) is 15.0. The third-order valence-electron chi connectivity index (χ3n) is 4.39. The van der Waals surface area contributed by atoms with E-state index in [1.807, 2.05) is 42.5 Å². The Bertz CT molecular complexity index is 931. The second kappa shape index (κ2) is 7.00. The Morgan fingerprint density at radius 1 is 0.808 bits per heavy atom. The molecule has 4 rings (SSSR count). The molecule has 0 saturated heterocycles. The molecule has 0 N–H and O–H groups in total. The van der Waals surface area contributed by atoms with E-state index in [0.717, 1.165) is 29.2 Å². The summed E-state index contributed by atoms with van der Waals surface area (Å²) < 4.78 is 5.94. The first kappa shape index (κ1) is 16.3. The summed E-state index contributed by atoms with van der Waals surface area (Å²) in [5.41, 5.74) is 6.51. The van der Waals surface area contributed by atoms with Gasteiger partial charge in [0.05, 0.1) is 11.4 Å². The van der Waals surface area contributed by atoms with Crippen LogP contribution in [0.2, 0.25) is 0 Å². The van der Waals surface area contributed by atoms with Crippen molar-refractivity contribution in [2.24, 2.45) is 10.2 Å². The van der Waals surface area contributed by atoms with Crippen LogP contribution in [0.5, 0.6) is 5.75 Å². The first-order valence-electron chi connectivity index (χ1n) is 8.73. The van der Waals surface area contributed by atoms with Crippen LogP contribution in [0.15, 0.2) is 77.0 Å². The van der Waals surface area contributed by atoms with Crippen molar-refractivity contribution in [3.63, 3.8) is 0 Å². The third-order valence-corrected chi connectivity index (χ3v) is 4.39. The van der Waals surface area contributed by atoms with E-state index in [4.69, 9.17) is 4.74 Å². The smallest absolute Gasteiger partial charge is 0.161 e. The number of azo groups is 1. The van der Waals surface area contributed by atoms with Gasteiger partial charge in [0.25, 0.3) is 0 Å². The van der Waals surface area contributed by atoms with E-state index in [1.165, 1.54) is 16.8 Å². The molecular weight excluding hydrogens is 322 g/mol. The van der Waals surface area contributed by atoms with Crippen molar-refractivity contribution in [3.8, 4) is 5.75 Å². The molecule has 0 saturated carbocycles. The van der Waals surface area contributed by atoms with Crippen LogP contribution in [-0.4, -0.2) is 6.73 Å². The molecule has 3 aromatic rings. The van der Waals surface area contributed by atoms with Crippen molar-refractivity contribution < 1.29 is 4.74 Å². The number of benzene rings is 3. The molecule has 0 fully saturated rings. The van der Waals surface area contributed by atoms with Gasteiger partial charge < -0.3 is 9.64 Å². The molecule has 0 spiro atoms. The van der Waals surface area contributed by atoms with Gasteiger partial charge in [0.1, 0.15) is 5.75 Å². The topological polar surface area (TPSA) is 37.2 Å². The quantitative estimate of drug-likeness (QED) is 0.541. The summed E-state index contributed by atoms with van der Waals surface area (Å²) in [4.78, 5) is 2.24. The van der Waals surface area contributed by atoms with Crippen molar-refractivity contribution in [2.75, 3.05) is 11.6 Å². The number of fused-ring (bicyclic) bond motifs is 1. The number of ether oxygens (including phenoxy) is 1. The fraction of sp³-hybridized carbons (Fsp3) is 0.182.